The van der Waals surface area contributed by atoms with Crippen LogP contribution in [0.3, 0.4) is 0 Å². The first-order valence-corrected chi connectivity index (χ1v) is 7.11. The van der Waals surface area contributed by atoms with Gasteiger partial charge < -0.3 is 15.9 Å². The van der Waals surface area contributed by atoms with Gasteiger partial charge in [-0.2, -0.15) is 18.3 Å². The smallest absolute Gasteiger partial charge is 0.393 e. The van der Waals surface area contributed by atoms with Crippen LogP contribution in [0.5, 0.6) is 0 Å². The number of nitrogens with zero attached hydrogens (tertiary/aromatic N) is 2. The molecule has 25 heavy (non-hydrogen) atoms. The number of aromatic nitrogens is 2. The van der Waals surface area contributed by atoms with Crippen LogP contribution in [-0.4, -0.2) is 44.2 Å². The van der Waals surface area contributed by atoms with Crippen molar-refractivity contribution in [2.24, 2.45) is 0 Å². The lowest BCUT2D eigenvalue weighted by atomic mass is 9.95. The van der Waals surface area contributed by atoms with E-state index in [1.165, 1.54) is 12.1 Å². The maximum Gasteiger partial charge on any atom is 0.419 e. The van der Waals surface area contributed by atoms with Crippen LogP contribution < -0.4 is 5.73 Å². The molecule has 2 rings (SSSR count). The number of rotatable bonds is 6. The number of benzene rings is 1. The van der Waals surface area contributed by atoms with Gasteiger partial charge in [0.2, 0.25) is 0 Å². The number of nitrogen functional groups attached to an aromatic ring is 1. The number of hydrogen-bond donors (Lipinski definition) is 3. The molecule has 0 spiro atoms. The minimum atomic E-state index is -5.08. The molecule has 1 heterocycles. The molecular weight excluding hydrogens is 346 g/mol. The number of aliphatic hydroxyl groups excluding tert-OH is 1. The van der Waals surface area contributed by atoms with E-state index in [2.05, 4.69) is 5.10 Å². The van der Waals surface area contributed by atoms with Gasteiger partial charge in [-0.05, 0) is 30.7 Å². The number of anilines is 1. The zero-order chi connectivity index (χ0) is 18.8. The highest BCUT2D eigenvalue weighted by atomic mass is 19.4. The molecule has 1 atom stereocenters. The van der Waals surface area contributed by atoms with Gasteiger partial charge in [0, 0.05) is 6.42 Å². The molecule has 0 bridgehead atoms. The molecule has 0 fully saturated rings. The Labute approximate surface area is 139 Å². The highest BCUT2D eigenvalue weighted by Crippen LogP contribution is 2.34. The molecule has 0 saturated heterocycles. The Morgan fingerprint density at radius 3 is 2.36 bits per heavy atom. The van der Waals surface area contributed by atoms with Crippen molar-refractivity contribution < 1.29 is 32.6 Å². The zero-order valence-corrected chi connectivity index (χ0v) is 12.8. The maximum absolute atomic E-state index is 12.9. The van der Waals surface area contributed by atoms with E-state index in [1.54, 1.807) is 0 Å². The van der Waals surface area contributed by atoms with Gasteiger partial charge in [-0.1, -0.05) is 0 Å². The van der Waals surface area contributed by atoms with Crippen molar-refractivity contribution in [2.75, 3.05) is 12.3 Å². The lowest BCUT2D eigenvalue weighted by molar-refractivity contribution is -0.272. The van der Waals surface area contributed by atoms with Crippen molar-refractivity contribution in [1.82, 2.24) is 9.78 Å². The molecule has 0 radical (unpaired) electrons. The van der Waals surface area contributed by atoms with E-state index in [9.17, 15) is 27.5 Å². The minimum absolute atomic E-state index is 0.129. The average Bonchev–Trinajstić information content (AvgIpc) is 2.93. The number of carbonyl (C=O) groups is 1. The van der Waals surface area contributed by atoms with Crippen molar-refractivity contribution >= 4 is 11.6 Å². The number of halogens is 4. The second kappa shape index (κ2) is 6.81. The summed E-state index contributed by atoms with van der Waals surface area (Å²) in [6.45, 7) is -1.56. The summed E-state index contributed by atoms with van der Waals surface area (Å²) >= 11 is 0. The number of hydrogen-bond acceptors (Lipinski definition) is 5. The summed E-state index contributed by atoms with van der Waals surface area (Å²) in [4.78, 5) is 12.1. The normalized spacial score (nSPS) is 14.3. The van der Waals surface area contributed by atoms with Crippen LogP contribution in [0.15, 0.2) is 30.5 Å². The number of carbonyl (C=O) groups excluding carboxylic acids is 1. The van der Waals surface area contributed by atoms with Crippen LogP contribution in [0.25, 0.3) is 5.69 Å². The van der Waals surface area contributed by atoms with Crippen LogP contribution in [0.4, 0.5) is 23.4 Å². The lowest BCUT2D eigenvalue weighted by Gasteiger charge is -2.28. The fourth-order valence-corrected chi connectivity index (χ4v) is 2.13. The Hall–Kier alpha value is -2.46. The van der Waals surface area contributed by atoms with E-state index in [0.717, 1.165) is 23.0 Å². The molecule has 1 aromatic heterocycles. The minimum Gasteiger partial charge on any atom is -0.393 e. The van der Waals surface area contributed by atoms with E-state index < -0.39 is 42.8 Å². The highest BCUT2D eigenvalue weighted by molar-refractivity contribution is 6.00. The quantitative estimate of drug-likeness (QED) is 0.538. The lowest BCUT2D eigenvalue weighted by Crippen LogP contribution is -2.48. The zero-order valence-electron chi connectivity index (χ0n) is 12.8. The van der Waals surface area contributed by atoms with Gasteiger partial charge in [0.05, 0.1) is 24.1 Å². The van der Waals surface area contributed by atoms with Gasteiger partial charge in [-0.15, -0.1) is 0 Å². The largest absolute Gasteiger partial charge is 0.419 e. The topological polar surface area (TPSA) is 101 Å². The van der Waals surface area contributed by atoms with Gasteiger partial charge in [0.25, 0.3) is 0 Å². The molecule has 0 saturated carbocycles. The van der Waals surface area contributed by atoms with Crippen LogP contribution in [0, 0.1) is 5.82 Å². The fraction of sp³-hybridized carbons (Fsp3) is 0.333. The number of aliphatic hydroxyl groups is 2. The van der Waals surface area contributed by atoms with Gasteiger partial charge >= 0.3 is 6.18 Å². The molecule has 0 aliphatic rings. The van der Waals surface area contributed by atoms with Crippen LogP contribution in [0.2, 0.25) is 0 Å². The Morgan fingerprint density at radius 1 is 1.24 bits per heavy atom. The standard InChI is InChI=1S/C15H15F4N3O3/c16-9-1-3-10(4-2-9)22-13(20)11(7-21-22)12(24)5-6-14(25,8-23)15(17,18)19/h1-4,7,23,25H,5-6,8,20H2/t14-/m0/s1. The van der Waals surface area contributed by atoms with Crippen molar-refractivity contribution in [3.63, 3.8) is 0 Å². The second-order valence-corrected chi connectivity index (χ2v) is 5.44. The van der Waals surface area contributed by atoms with E-state index in [4.69, 9.17) is 10.8 Å². The Morgan fingerprint density at radius 2 is 1.84 bits per heavy atom. The molecule has 0 unspecified atom stereocenters. The summed E-state index contributed by atoms with van der Waals surface area (Å²) in [6, 6.07) is 5.04. The highest BCUT2D eigenvalue weighted by Gasteiger charge is 2.53. The van der Waals surface area contributed by atoms with Crippen LogP contribution >= 0.6 is 0 Å². The SMILES string of the molecule is Nc1c(C(=O)CC[C@](O)(CO)C(F)(F)F)cnn1-c1ccc(F)cc1. The van der Waals surface area contributed by atoms with Gasteiger partial charge in [-0.3, -0.25) is 4.79 Å². The molecule has 0 aliphatic heterocycles. The van der Waals surface area contributed by atoms with Crippen molar-refractivity contribution in [1.29, 1.82) is 0 Å². The molecule has 1 aromatic carbocycles. The summed E-state index contributed by atoms with van der Waals surface area (Å²) in [6.07, 6.45) is -5.72. The van der Waals surface area contributed by atoms with E-state index in [1.807, 2.05) is 0 Å². The number of nitrogens with two attached hydrogens (primary N) is 1. The van der Waals surface area contributed by atoms with Crippen molar-refractivity contribution in [2.45, 2.75) is 24.6 Å². The molecule has 0 aliphatic carbocycles. The predicted octanol–water partition coefficient (Wildman–Crippen LogP) is 1.84. The molecule has 136 valence electrons. The van der Waals surface area contributed by atoms with Crippen LogP contribution in [-0.2, 0) is 0 Å². The van der Waals surface area contributed by atoms with Crippen molar-refractivity contribution in [3.8, 4) is 5.69 Å². The monoisotopic (exact) mass is 361 g/mol. The van der Waals surface area contributed by atoms with Gasteiger partial charge in [0.1, 0.15) is 11.6 Å². The third-order valence-corrected chi connectivity index (χ3v) is 3.73. The molecule has 2 aromatic rings. The first-order valence-electron chi connectivity index (χ1n) is 7.11. The molecule has 10 heteroatoms. The summed E-state index contributed by atoms with van der Waals surface area (Å²) in [5, 5.41) is 22.1. The predicted molar refractivity (Wildman–Crippen MR) is 79.6 cm³/mol. The second-order valence-electron chi connectivity index (χ2n) is 5.44. The fourth-order valence-electron chi connectivity index (χ4n) is 2.13. The average molecular weight is 361 g/mol. The Kier molecular flexibility index (Phi) is 5.14. The van der Waals surface area contributed by atoms with Crippen LogP contribution in [0.1, 0.15) is 23.2 Å². The molecule has 6 nitrogen and oxygen atoms in total. The van der Waals surface area contributed by atoms with Gasteiger partial charge in [-0.25, -0.2) is 9.07 Å². The molecule has 0 amide bonds. The molecule has 4 N–H and O–H groups in total. The third kappa shape index (κ3) is 3.80. The summed E-state index contributed by atoms with van der Waals surface area (Å²) in [5.74, 6) is -1.39. The third-order valence-electron chi connectivity index (χ3n) is 3.73. The number of alkyl halides is 3. The van der Waals surface area contributed by atoms with Gasteiger partial charge in [0.15, 0.2) is 11.4 Å². The number of ketones is 1. The first kappa shape index (κ1) is 18.9. The number of Topliss-reactive ketones (excluding diaryl/α,β-unsaturated/α-hetero) is 1. The summed E-state index contributed by atoms with van der Waals surface area (Å²) in [5.41, 5.74) is 2.64. The first-order chi connectivity index (χ1) is 11.6. The molecular formula is C15H15F4N3O3. The Balaban J connectivity index is 2.17. The van der Waals surface area contributed by atoms with Crippen molar-refractivity contribution in [3.05, 3.63) is 41.8 Å². The van der Waals surface area contributed by atoms with E-state index >= 15 is 0 Å². The summed E-state index contributed by atoms with van der Waals surface area (Å²) in [7, 11) is 0. The van der Waals surface area contributed by atoms with E-state index in [0.29, 0.717) is 5.69 Å². The van der Waals surface area contributed by atoms with E-state index in [-0.39, 0.29) is 11.4 Å². The Bertz CT molecular complexity index is 758. The maximum atomic E-state index is 12.9. The summed E-state index contributed by atoms with van der Waals surface area (Å²) < 4.78 is 52.2.